The lowest BCUT2D eigenvalue weighted by atomic mass is 10.3. The van der Waals surface area contributed by atoms with Crippen LogP contribution in [0.25, 0.3) is 0 Å². The molecule has 0 saturated carbocycles. The molecular formula is C8H8F3NO3. The van der Waals surface area contributed by atoms with Crippen molar-refractivity contribution in [3.63, 3.8) is 0 Å². The zero-order valence-corrected chi connectivity index (χ0v) is 7.47. The third-order valence-corrected chi connectivity index (χ3v) is 1.23. The summed E-state index contributed by atoms with van der Waals surface area (Å²) in [5, 5.41) is 10.1. The van der Waals surface area contributed by atoms with Crippen LogP contribution in [0.1, 0.15) is 6.42 Å². The van der Waals surface area contributed by atoms with Crippen LogP contribution in [0.4, 0.5) is 13.2 Å². The molecule has 4 nitrogen and oxygen atoms in total. The van der Waals surface area contributed by atoms with Gasteiger partial charge < -0.3 is 10.4 Å². The molecule has 15 heavy (non-hydrogen) atoms. The van der Waals surface area contributed by atoms with Crippen LogP contribution in [0.2, 0.25) is 0 Å². The number of carboxylic acids is 1. The Morgan fingerprint density at radius 2 is 1.80 bits per heavy atom. The highest BCUT2D eigenvalue weighted by Gasteiger charge is 2.04. The number of rotatable bonds is 5. The van der Waals surface area contributed by atoms with Crippen LogP contribution in [-0.2, 0) is 9.59 Å². The highest BCUT2D eigenvalue weighted by molar-refractivity contribution is 5.93. The largest absolute Gasteiger partial charge is 0.478 e. The molecule has 0 aromatic heterocycles. The van der Waals surface area contributed by atoms with Gasteiger partial charge in [-0.15, -0.1) is 0 Å². The molecule has 1 amide bonds. The number of nitrogens with one attached hydrogen (secondary N) is 1. The molecule has 84 valence electrons. The van der Waals surface area contributed by atoms with E-state index >= 15 is 0 Å². The van der Waals surface area contributed by atoms with E-state index in [4.69, 9.17) is 5.11 Å². The van der Waals surface area contributed by atoms with Gasteiger partial charge in [-0.25, -0.2) is 9.18 Å². The maximum atomic E-state index is 12.2. The summed E-state index contributed by atoms with van der Waals surface area (Å²) >= 11 is 0. The molecule has 2 N–H and O–H groups in total. The first-order valence-corrected chi connectivity index (χ1v) is 3.82. The topological polar surface area (TPSA) is 66.4 Å². The Morgan fingerprint density at radius 1 is 1.20 bits per heavy atom. The van der Waals surface area contributed by atoms with Gasteiger partial charge in [0.2, 0.25) is 5.91 Å². The van der Waals surface area contributed by atoms with E-state index in [2.05, 4.69) is 0 Å². The van der Waals surface area contributed by atoms with Crippen molar-refractivity contribution >= 4 is 11.9 Å². The second-order valence-corrected chi connectivity index (χ2v) is 2.38. The summed E-state index contributed by atoms with van der Waals surface area (Å²) in [5.74, 6) is -3.70. The maximum absolute atomic E-state index is 12.2. The van der Waals surface area contributed by atoms with Crippen LogP contribution in [-0.4, -0.2) is 23.5 Å². The van der Waals surface area contributed by atoms with Gasteiger partial charge in [-0.05, 0) is 0 Å². The van der Waals surface area contributed by atoms with Gasteiger partial charge in [0, 0.05) is 25.1 Å². The minimum absolute atomic E-state index is 0.327. The van der Waals surface area contributed by atoms with Crippen molar-refractivity contribution in [2.75, 3.05) is 6.54 Å². The molecule has 0 fully saturated rings. The Hall–Kier alpha value is -1.79. The molecule has 0 aliphatic rings. The SMILES string of the molecule is O=C(O)/C=C/C(=O)NCCC(F)=C(F)F. The predicted octanol–water partition coefficient (Wildman–Crippen LogP) is 1.21. The van der Waals surface area contributed by atoms with Gasteiger partial charge in [-0.3, -0.25) is 4.79 Å². The smallest absolute Gasteiger partial charge is 0.328 e. The summed E-state index contributed by atoms with van der Waals surface area (Å²) < 4.78 is 35.2. The number of carbonyl (C=O) groups excluding carboxylic acids is 1. The summed E-state index contributed by atoms with van der Waals surface area (Å²) in [6.45, 7) is -0.327. The minimum Gasteiger partial charge on any atom is -0.478 e. The van der Waals surface area contributed by atoms with Crippen LogP contribution < -0.4 is 5.32 Å². The van der Waals surface area contributed by atoms with E-state index in [1.807, 2.05) is 5.32 Å². The molecule has 0 aromatic carbocycles. The summed E-state index contributed by atoms with van der Waals surface area (Å²) in [7, 11) is 0. The molecular weight excluding hydrogens is 215 g/mol. The molecule has 0 radical (unpaired) electrons. The molecule has 0 unspecified atom stereocenters. The molecule has 0 saturated heterocycles. The number of amides is 1. The number of aliphatic carboxylic acids is 1. The van der Waals surface area contributed by atoms with Crippen LogP contribution >= 0.6 is 0 Å². The molecule has 0 bridgehead atoms. The van der Waals surface area contributed by atoms with Gasteiger partial charge in [0.15, 0.2) is 5.83 Å². The third-order valence-electron chi connectivity index (χ3n) is 1.23. The minimum atomic E-state index is -2.43. The lowest BCUT2D eigenvalue weighted by Gasteiger charge is -1.99. The van der Waals surface area contributed by atoms with Crippen LogP contribution in [0.5, 0.6) is 0 Å². The number of halogens is 3. The first-order valence-electron chi connectivity index (χ1n) is 3.82. The lowest BCUT2D eigenvalue weighted by molar-refractivity contribution is -0.131. The Labute approximate surface area is 83.1 Å². The van der Waals surface area contributed by atoms with Crippen molar-refractivity contribution in [3.8, 4) is 0 Å². The Bertz CT molecular complexity index is 308. The number of carbonyl (C=O) groups is 2. The number of hydrogen-bond donors (Lipinski definition) is 2. The van der Waals surface area contributed by atoms with Gasteiger partial charge in [0.1, 0.15) is 0 Å². The second kappa shape index (κ2) is 6.63. The van der Waals surface area contributed by atoms with Crippen molar-refractivity contribution < 1.29 is 27.9 Å². The van der Waals surface area contributed by atoms with E-state index in [9.17, 15) is 22.8 Å². The summed E-state index contributed by atoms with van der Waals surface area (Å²) in [6.07, 6.45) is -1.77. The normalized spacial score (nSPS) is 10.1. The molecule has 0 heterocycles. The second-order valence-electron chi connectivity index (χ2n) is 2.38. The van der Waals surface area contributed by atoms with E-state index in [1.165, 1.54) is 0 Å². The first-order chi connectivity index (χ1) is 6.93. The Morgan fingerprint density at radius 3 is 2.27 bits per heavy atom. The highest BCUT2D eigenvalue weighted by atomic mass is 19.3. The van der Waals surface area contributed by atoms with Gasteiger partial charge in [0.05, 0.1) is 0 Å². The fourth-order valence-electron chi connectivity index (χ4n) is 0.596. The van der Waals surface area contributed by atoms with Crippen molar-refractivity contribution in [3.05, 3.63) is 24.1 Å². The van der Waals surface area contributed by atoms with Crippen molar-refractivity contribution in [2.45, 2.75) is 6.42 Å². The standard InChI is InChI=1S/C8H8F3NO3/c9-5(8(10)11)3-4-12-6(13)1-2-7(14)15/h1-2H,3-4H2,(H,12,13)(H,14,15)/b2-1+. The molecule has 0 aromatic rings. The zero-order chi connectivity index (χ0) is 11.8. The summed E-state index contributed by atoms with van der Waals surface area (Å²) in [4.78, 5) is 20.7. The maximum Gasteiger partial charge on any atom is 0.328 e. The number of carboxylic acid groups (broad SMARTS) is 1. The summed E-state index contributed by atoms with van der Waals surface area (Å²) in [6, 6.07) is 0. The van der Waals surface area contributed by atoms with Crippen LogP contribution in [0.3, 0.4) is 0 Å². The molecule has 0 rings (SSSR count). The molecule has 7 heteroatoms. The highest BCUT2D eigenvalue weighted by Crippen LogP contribution is 2.11. The summed E-state index contributed by atoms with van der Waals surface area (Å²) in [5.41, 5.74) is 0. The Balaban J connectivity index is 3.84. The first kappa shape index (κ1) is 13.2. The quantitative estimate of drug-likeness (QED) is 0.688. The van der Waals surface area contributed by atoms with E-state index in [0.717, 1.165) is 0 Å². The van der Waals surface area contributed by atoms with Crippen LogP contribution in [0.15, 0.2) is 24.1 Å². The fraction of sp³-hybridized carbons (Fsp3) is 0.250. The molecule has 0 aliphatic carbocycles. The van der Waals surface area contributed by atoms with Gasteiger partial charge in [-0.2, -0.15) is 8.78 Å². The lowest BCUT2D eigenvalue weighted by Crippen LogP contribution is -2.22. The monoisotopic (exact) mass is 223 g/mol. The van der Waals surface area contributed by atoms with Gasteiger partial charge in [0.25, 0.3) is 0 Å². The average molecular weight is 223 g/mol. The van der Waals surface area contributed by atoms with E-state index < -0.39 is 30.2 Å². The van der Waals surface area contributed by atoms with Crippen molar-refractivity contribution in [2.24, 2.45) is 0 Å². The Kier molecular flexibility index (Phi) is 5.84. The van der Waals surface area contributed by atoms with Crippen molar-refractivity contribution in [1.29, 1.82) is 0 Å². The molecule has 0 atom stereocenters. The van der Waals surface area contributed by atoms with E-state index in [0.29, 0.717) is 12.2 Å². The molecule has 0 spiro atoms. The predicted molar refractivity (Wildman–Crippen MR) is 44.8 cm³/mol. The van der Waals surface area contributed by atoms with Crippen molar-refractivity contribution in [1.82, 2.24) is 5.32 Å². The van der Waals surface area contributed by atoms with Crippen LogP contribution in [0, 0.1) is 0 Å². The zero-order valence-electron chi connectivity index (χ0n) is 7.47. The number of hydrogen-bond acceptors (Lipinski definition) is 2. The fourth-order valence-corrected chi connectivity index (χ4v) is 0.596. The third kappa shape index (κ3) is 7.29. The van der Waals surface area contributed by atoms with Gasteiger partial charge in [-0.1, -0.05) is 0 Å². The van der Waals surface area contributed by atoms with E-state index in [1.54, 1.807) is 0 Å². The average Bonchev–Trinajstić information content (AvgIpc) is 2.14. The van der Waals surface area contributed by atoms with E-state index in [-0.39, 0.29) is 6.54 Å². The molecule has 0 aliphatic heterocycles. The van der Waals surface area contributed by atoms with Gasteiger partial charge >= 0.3 is 12.0 Å².